The van der Waals surface area contributed by atoms with Crippen LogP contribution in [-0.4, -0.2) is 35.5 Å². The summed E-state index contributed by atoms with van der Waals surface area (Å²) in [5, 5.41) is 5.72. The van der Waals surface area contributed by atoms with Crippen LogP contribution in [-0.2, 0) is 30.2 Å². The molecule has 0 spiro atoms. The van der Waals surface area contributed by atoms with E-state index in [2.05, 4.69) is 0 Å². The molecule has 2 N–H and O–H groups in total. The SMILES string of the molecule is COC(C)(C)c1cc2cc(C(=O)CS(=O)(=O)c3ccccc3S(N)(=O)=O)ccc2o1. The number of rotatable bonds is 7. The molecule has 0 amide bonds. The molecule has 0 saturated heterocycles. The second-order valence-electron chi connectivity index (χ2n) is 7.25. The van der Waals surface area contributed by atoms with Crippen LogP contribution in [0.25, 0.3) is 11.0 Å². The number of sulfonamides is 1. The fourth-order valence-electron chi connectivity index (χ4n) is 2.89. The smallest absolute Gasteiger partial charge is 0.239 e. The molecule has 0 aliphatic carbocycles. The highest BCUT2D eigenvalue weighted by Gasteiger charge is 2.28. The Morgan fingerprint density at radius 1 is 1.03 bits per heavy atom. The number of methoxy groups -OCH3 is 1. The molecule has 0 atom stereocenters. The average Bonchev–Trinajstić information content (AvgIpc) is 3.11. The summed E-state index contributed by atoms with van der Waals surface area (Å²) < 4.78 is 60.1. The van der Waals surface area contributed by atoms with E-state index in [0.717, 1.165) is 12.1 Å². The number of fused-ring (bicyclic) bond motifs is 1. The Labute approximate surface area is 174 Å². The van der Waals surface area contributed by atoms with Gasteiger partial charge in [-0.1, -0.05) is 12.1 Å². The van der Waals surface area contributed by atoms with Crippen LogP contribution in [0, 0.1) is 0 Å². The van der Waals surface area contributed by atoms with Gasteiger partial charge < -0.3 is 9.15 Å². The maximum absolute atomic E-state index is 12.7. The van der Waals surface area contributed by atoms with Gasteiger partial charge in [-0.05, 0) is 50.2 Å². The first kappa shape index (κ1) is 22.2. The van der Waals surface area contributed by atoms with E-state index >= 15 is 0 Å². The van der Waals surface area contributed by atoms with Gasteiger partial charge in [0.25, 0.3) is 0 Å². The van der Waals surface area contributed by atoms with E-state index in [1.165, 1.54) is 24.3 Å². The third kappa shape index (κ3) is 4.31. The second-order valence-corrected chi connectivity index (χ2v) is 10.7. The summed E-state index contributed by atoms with van der Waals surface area (Å²) >= 11 is 0. The molecule has 0 unspecified atom stereocenters. The van der Waals surface area contributed by atoms with E-state index in [1.54, 1.807) is 19.2 Å². The van der Waals surface area contributed by atoms with Crippen LogP contribution in [0.4, 0.5) is 0 Å². The molecule has 0 bridgehead atoms. The van der Waals surface area contributed by atoms with Crippen LogP contribution in [0.2, 0.25) is 0 Å². The van der Waals surface area contributed by atoms with Gasteiger partial charge in [0, 0.05) is 18.1 Å². The van der Waals surface area contributed by atoms with Crippen molar-refractivity contribution in [2.75, 3.05) is 12.9 Å². The van der Waals surface area contributed by atoms with Crippen LogP contribution in [0.5, 0.6) is 0 Å². The molecule has 2 aromatic carbocycles. The van der Waals surface area contributed by atoms with Crippen molar-refractivity contribution in [2.24, 2.45) is 5.14 Å². The summed E-state index contributed by atoms with van der Waals surface area (Å²) in [6.07, 6.45) is 0. The molecule has 160 valence electrons. The molecule has 0 fully saturated rings. The molecule has 1 heterocycles. The lowest BCUT2D eigenvalue weighted by Gasteiger charge is -2.19. The van der Waals surface area contributed by atoms with Gasteiger partial charge in [0.1, 0.15) is 27.6 Å². The minimum atomic E-state index is -4.27. The van der Waals surface area contributed by atoms with Crippen molar-refractivity contribution in [3.8, 4) is 0 Å². The molecule has 0 saturated carbocycles. The number of carbonyl (C=O) groups is 1. The standard InChI is InChI=1S/C20H21NO7S2/c1-20(2,27-3)19-11-14-10-13(8-9-16(14)28-19)15(22)12-29(23,24)17-6-4-5-7-18(17)30(21,25)26/h4-11H,12H2,1-3H3,(H2,21,25,26). The zero-order valence-electron chi connectivity index (χ0n) is 16.6. The number of furan rings is 1. The van der Waals surface area contributed by atoms with Crippen molar-refractivity contribution >= 4 is 36.6 Å². The molecule has 1 aromatic heterocycles. The fraction of sp³-hybridized carbons (Fsp3) is 0.250. The molecule has 0 aliphatic heterocycles. The van der Waals surface area contributed by atoms with E-state index < -0.39 is 46.8 Å². The predicted octanol–water partition coefficient (Wildman–Crippen LogP) is 2.62. The van der Waals surface area contributed by atoms with Gasteiger partial charge in [0.2, 0.25) is 10.0 Å². The quantitative estimate of drug-likeness (QED) is 0.546. The first-order chi connectivity index (χ1) is 13.8. The van der Waals surface area contributed by atoms with Gasteiger partial charge in [-0.3, -0.25) is 4.79 Å². The van der Waals surface area contributed by atoms with E-state index in [0.29, 0.717) is 16.7 Å². The van der Waals surface area contributed by atoms with E-state index in [9.17, 15) is 21.6 Å². The van der Waals surface area contributed by atoms with Crippen LogP contribution >= 0.6 is 0 Å². The zero-order chi connectivity index (χ0) is 22.3. The monoisotopic (exact) mass is 451 g/mol. The van der Waals surface area contributed by atoms with Gasteiger partial charge in [0.05, 0.1) is 4.90 Å². The third-order valence-electron chi connectivity index (χ3n) is 4.75. The number of ketones is 1. The minimum absolute atomic E-state index is 0.154. The van der Waals surface area contributed by atoms with Crippen molar-refractivity contribution in [1.29, 1.82) is 0 Å². The van der Waals surface area contributed by atoms with Crippen LogP contribution < -0.4 is 5.14 Å². The molecule has 3 rings (SSSR count). The largest absolute Gasteiger partial charge is 0.458 e. The van der Waals surface area contributed by atoms with Crippen molar-refractivity contribution in [2.45, 2.75) is 29.2 Å². The summed E-state index contributed by atoms with van der Waals surface area (Å²) in [5.74, 6) is -1.03. The molecule has 3 aromatic rings. The lowest BCUT2D eigenvalue weighted by molar-refractivity contribution is 0.00212. The highest BCUT2D eigenvalue weighted by molar-refractivity contribution is 7.94. The molecule has 30 heavy (non-hydrogen) atoms. The maximum atomic E-state index is 12.7. The van der Waals surface area contributed by atoms with Crippen LogP contribution in [0.3, 0.4) is 0 Å². The van der Waals surface area contributed by atoms with Gasteiger partial charge in [-0.2, -0.15) is 0 Å². The summed E-state index contributed by atoms with van der Waals surface area (Å²) in [5.41, 5.74) is 0.0000714. The van der Waals surface area contributed by atoms with E-state index in [-0.39, 0.29) is 5.56 Å². The number of hydrogen-bond donors (Lipinski definition) is 1. The van der Waals surface area contributed by atoms with Crippen LogP contribution in [0.15, 0.2) is 62.7 Å². The molecule has 10 heteroatoms. The summed E-state index contributed by atoms with van der Waals surface area (Å²) in [6, 6.07) is 11.2. The normalized spacial score (nSPS) is 12.9. The Morgan fingerprint density at radius 3 is 2.27 bits per heavy atom. The average molecular weight is 452 g/mol. The van der Waals surface area contributed by atoms with E-state index in [1.807, 2.05) is 13.8 Å². The fourth-order valence-corrected chi connectivity index (χ4v) is 5.56. The lowest BCUT2D eigenvalue weighted by Crippen LogP contribution is -2.21. The van der Waals surface area contributed by atoms with Crippen molar-refractivity contribution in [3.63, 3.8) is 0 Å². The maximum Gasteiger partial charge on any atom is 0.239 e. The van der Waals surface area contributed by atoms with Crippen LogP contribution in [0.1, 0.15) is 30.0 Å². The van der Waals surface area contributed by atoms with Crippen molar-refractivity contribution in [3.05, 3.63) is 59.9 Å². The van der Waals surface area contributed by atoms with E-state index in [4.69, 9.17) is 14.3 Å². The lowest BCUT2D eigenvalue weighted by atomic mass is 10.1. The van der Waals surface area contributed by atoms with Crippen molar-refractivity contribution < 1.29 is 30.8 Å². The predicted molar refractivity (Wildman–Crippen MR) is 110 cm³/mol. The second kappa shape index (κ2) is 7.62. The number of carbonyl (C=O) groups excluding carboxylic acids is 1. The topological polar surface area (TPSA) is 134 Å². The summed E-state index contributed by atoms with van der Waals surface area (Å²) in [6.45, 7) is 3.65. The Balaban J connectivity index is 1.95. The number of benzene rings is 2. The molecular formula is C20H21NO7S2. The Bertz CT molecular complexity index is 1340. The van der Waals surface area contributed by atoms with Crippen molar-refractivity contribution in [1.82, 2.24) is 0 Å². The molecule has 8 nitrogen and oxygen atoms in total. The number of Topliss-reactive ketones (excluding diaryl/α,β-unsaturated/α-hetero) is 1. The third-order valence-corrected chi connectivity index (χ3v) is 7.52. The van der Waals surface area contributed by atoms with Gasteiger partial charge in [0.15, 0.2) is 15.6 Å². The van der Waals surface area contributed by atoms with Gasteiger partial charge in [-0.15, -0.1) is 0 Å². The first-order valence-corrected chi connectivity index (χ1v) is 12.0. The Hall–Kier alpha value is -2.53. The highest BCUT2D eigenvalue weighted by Crippen LogP contribution is 2.31. The molecular weight excluding hydrogens is 430 g/mol. The van der Waals surface area contributed by atoms with Gasteiger partial charge in [-0.25, -0.2) is 22.0 Å². The first-order valence-electron chi connectivity index (χ1n) is 8.82. The summed E-state index contributed by atoms with van der Waals surface area (Å²) in [4.78, 5) is 11.6. The van der Waals surface area contributed by atoms with Gasteiger partial charge >= 0.3 is 0 Å². The number of ether oxygens (including phenoxy) is 1. The molecule has 0 aliphatic rings. The Morgan fingerprint density at radius 2 is 1.67 bits per heavy atom. The zero-order valence-corrected chi connectivity index (χ0v) is 18.2. The number of sulfone groups is 1. The number of hydrogen-bond acceptors (Lipinski definition) is 7. The summed E-state index contributed by atoms with van der Waals surface area (Å²) in [7, 11) is -6.98. The minimum Gasteiger partial charge on any atom is -0.458 e. The molecule has 0 radical (unpaired) electrons. The Kier molecular flexibility index (Phi) is 5.63. The number of primary sulfonamides is 1. The number of nitrogens with two attached hydrogens (primary N) is 1. The highest BCUT2D eigenvalue weighted by atomic mass is 32.2.